The van der Waals surface area contributed by atoms with Crippen LogP contribution in [0.5, 0.6) is 11.5 Å². The molecule has 0 aliphatic rings. The van der Waals surface area contributed by atoms with E-state index in [4.69, 9.17) is 9.47 Å². The molecule has 3 aromatic carbocycles. The fourth-order valence-electron chi connectivity index (χ4n) is 2.84. The summed E-state index contributed by atoms with van der Waals surface area (Å²) in [7, 11) is 0. The Morgan fingerprint density at radius 3 is 2.21 bits per heavy atom. The molecule has 0 aliphatic heterocycles. The van der Waals surface area contributed by atoms with Gasteiger partial charge in [-0.15, -0.1) is 0 Å². The minimum Gasteiger partial charge on any atom is -0.457 e. The van der Waals surface area contributed by atoms with Crippen LogP contribution in [0.2, 0.25) is 0 Å². The van der Waals surface area contributed by atoms with Crippen molar-refractivity contribution in [2.75, 3.05) is 17.2 Å². The van der Waals surface area contributed by atoms with Gasteiger partial charge in [-0.25, -0.2) is 0 Å². The minimum absolute atomic E-state index is 0.0610. The average molecular weight is 511 g/mol. The van der Waals surface area contributed by atoms with Crippen LogP contribution in [0.1, 0.15) is 18.4 Å². The summed E-state index contributed by atoms with van der Waals surface area (Å²) < 4.78 is 11.6. The molecule has 0 heterocycles. The number of hydrogen-bond donors (Lipinski definition) is 2. The van der Waals surface area contributed by atoms with Gasteiger partial charge in [-0.1, -0.05) is 34.1 Å². The summed E-state index contributed by atoms with van der Waals surface area (Å²) in [6.45, 7) is 1.44. The van der Waals surface area contributed by atoms with Crippen molar-refractivity contribution in [3.63, 3.8) is 0 Å². The molecule has 0 bridgehead atoms. The Labute approximate surface area is 200 Å². The molecule has 8 heteroatoms. The monoisotopic (exact) mass is 510 g/mol. The van der Waals surface area contributed by atoms with Gasteiger partial charge in [0.1, 0.15) is 11.5 Å². The molecule has 0 aromatic heterocycles. The number of hydrogen-bond acceptors (Lipinski definition) is 5. The first kappa shape index (κ1) is 24.0. The van der Waals surface area contributed by atoms with Gasteiger partial charge in [0.05, 0.1) is 6.42 Å². The Kier molecular flexibility index (Phi) is 8.60. The van der Waals surface area contributed by atoms with Crippen LogP contribution in [0.3, 0.4) is 0 Å². The predicted molar refractivity (Wildman–Crippen MR) is 129 cm³/mol. The van der Waals surface area contributed by atoms with E-state index in [0.717, 1.165) is 10.0 Å². The fraction of sp³-hybridized carbons (Fsp3) is 0.160. The van der Waals surface area contributed by atoms with Crippen molar-refractivity contribution >= 4 is 45.1 Å². The maximum absolute atomic E-state index is 12.1. The highest BCUT2D eigenvalue weighted by Crippen LogP contribution is 2.23. The van der Waals surface area contributed by atoms with Crippen LogP contribution >= 0.6 is 15.9 Å². The molecule has 0 saturated heterocycles. The Morgan fingerprint density at radius 2 is 1.52 bits per heavy atom. The standard InChI is InChI=1S/C25H23BrN2O5/c1-17-15-18(26)7-12-22(17)28-24(30)16-32-25(31)14-13-23(29)27-19-8-10-21(11-9-19)33-20-5-3-2-4-6-20/h2-12,15H,13-14,16H2,1H3,(H,27,29)(H,28,30). The zero-order chi connectivity index (χ0) is 23.6. The van der Waals surface area contributed by atoms with Crippen molar-refractivity contribution in [3.05, 3.63) is 82.8 Å². The quantitative estimate of drug-likeness (QED) is 0.373. The van der Waals surface area contributed by atoms with E-state index in [0.29, 0.717) is 22.9 Å². The van der Waals surface area contributed by atoms with Crippen molar-refractivity contribution in [1.29, 1.82) is 0 Å². The highest BCUT2D eigenvalue weighted by atomic mass is 79.9. The number of amides is 2. The molecule has 0 fully saturated rings. The van der Waals surface area contributed by atoms with Gasteiger partial charge < -0.3 is 20.1 Å². The van der Waals surface area contributed by atoms with E-state index in [2.05, 4.69) is 26.6 Å². The number of aryl methyl sites for hydroxylation is 1. The molecule has 2 amide bonds. The second-order valence-electron chi connectivity index (χ2n) is 7.16. The maximum atomic E-state index is 12.1. The summed E-state index contributed by atoms with van der Waals surface area (Å²) in [5.41, 5.74) is 2.09. The van der Waals surface area contributed by atoms with Crippen molar-refractivity contribution in [3.8, 4) is 11.5 Å². The van der Waals surface area contributed by atoms with Gasteiger partial charge in [-0.3, -0.25) is 14.4 Å². The predicted octanol–water partition coefficient (Wildman–Crippen LogP) is 5.45. The molecule has 2 N–H and O–H groups in total. The molecule has 3 rings (SSSR count). The third kappa shape index (κ3) is 8.08. The van der Waals surface area contributed by atoms with E-state index >= 15 is 0 Å². The molecule has 0 aliphatic carbocycles. The van der Waals surface area contributed by atoms with E-state index in [1.54, 1.807) is 36.4 Å². The van der Waals surface area contributed by atoms with E-state index in [9.17, 15) is 14.4 Å². The summed E-state index contributed by atoms with van der Waals surface area (Å²) in [6, 6.07) is 21.7. The molecule has 7 nitrogen and oxygen atoms in total. The first-order valence-electron chi connectivity index (χ1n) is 10.2. The zero-order valence-corrected chi connectivity index (χ0v) is 19.6. The second-order valence-corrected chi connectivity index (χ2v) is 8.07. The molecule has 0 spiro atoms. The number of halogens is 1. The number of anilines is 2. The number of para-hydroxylation sites is 1. The minimum atomic E-state index is -0.626. The van der Waals surface area contributed by atoms with E-state index < -0.39 is 18.5 Å². The summed E-state index contributed by atoms with van der Waals surface area (Å²) in [5.74, 6) is -0.0538. The lowest BCUT2D eigenvalue weighted by atomic mass is 10.2. The number of carbonyl (C=O) groups is 3. The van der Waals surface area contributed by atoms with E-state index in [1.807, 2.05) is 43.3 Å². The van der Waals surface area contributed by atoms with Crippen molar-refractivity contribution < 1.29 is 23.9 Å². The summed E-state index contributed by atoms with van der Waals surface area (Å²) >= 11 is 3.36. The largest absolute Gasteiger partial charge is 0.457 e. The lowest BCUT2D eigenvalue weighted by Gasteiger charge is -2.10. The Balaban J connectivity index is 1.36. The average Bonchev–Trinajstić information content (AvgIpc) is 2.80. The lowest BCUT2D eigenvalue weighted by Crippen LogP contribution is -2.22. The summed E-state index contributed by atoms with van der Waals surface area (Å²) in [6.07, 6.45) is -0.194. The number of rotatable bonds is 9. The maximum Gasteiger partial charge on any atom is 0.306 e. The fourth-order valence-corrected chi connectivity index (χ4v) is 3.32. The number of benzene rings is 3. The van der Waals surface area contributed by atoms with Crippen LogP contribution in [0.25, 0.3) is 0 Å². The molecule has 0 radical (unpaired) electrons. The Hall–Kier alpha value is -3.65. The normalized spacial score (nSPS) is 10.2. The first-order chi connectivity index (χ1) is 15.9. The van der Waals surface area contributed by atoms with Crippen molar-refractivity contribution in [2.45, 2.75) is 19.8 Å². The zero-order valence-electron chi connectivity index (χ0n) is 18.0. The van der Waals surface area contributed by atoms with Gasteiger partial charge in [0.2, 0.25) is 5.91 Å². The van der Waals surface area contributed by atoms with Crippen LogP contribution in [-0.2, 0) is 19.1 Å². The van der Waals surface area contributed by atoms with Gasteiger partial charge in [-0.2, -0.15) is 0 Å². The SMILES string of the molecule is Cc1cc(Br)ccc1NC(=O)COC(=O)CCC(=O)Nc1ccc(Oc2ccccc2)cc1. The summed E-state index contributed by atoms with van der Waals surface area (Å²) in [4.78, 5) is 36.0. The molecule has 170 valence electrons. The Morgan fingerprint density at radius 1 is 0.818 bits per heavy atom. The highest BCUT2D eigenvalue weighted by Gasteiger charge is 2.12. The second kappa shape index (κ2) is 11.8. The third-order valence-corrected chi connectivity index (χ3v) is 4.99. The number of nitrogens with one attached hydrogen (secondary N) is 2. The third-order valence-electron chi connectivity index (χ3n) is 4.50. The lowest BCUT2D eigenvalue weighted by molar-refractivity contribution is -0.147. The van der Waals surface area contributed by atoms with Crippen molar-refractivity contribution in [2.24, 2.45) is 0 Å². The first-order valence-corrected chi connectivity index (χ1v) is 11.0. The molecular weight excluding hydrogens is 488 g/mol. The van der Waals surface area contributed by atoms with E-state index in [-0.39, 0.29) is 18.7 Å². The van der Waals surface area contributed by atoms with Crippen molar-refractivity contribution in [1.82, 2.24) is 0 Å². The van der Waals surface area contributed by atoms with Gasteiger partial charge in [0.25, 0.3) is 5.91 Å². The Bertz CT molecular complexity index is 1120. The number of ether oxygens (including phenoxy) is 2. The smallest absolute Gasteiger partial charge is 0.306 e. The molecule has 33 heavy (non-hydrogen) atoms. The van der Waals surface area contributed by atoms with Gasteiger partial charge in [0.15, 0.2) is 6.61 Å². The molecular formula is C25H23BrN2O5. The number of carbonyl (C=O) groups excluding carboxylic acids is 3. The molecule has 0 unspecified atom stereocenters. The molecule has 3 aromatic rings. The highest BCUT2D eigenvalue weighted by molar-refractivity contribution is 9.10. The van der Waals surface area contributed by atoms with Crippen LogP contribution in [0.4, 0.5) is 11.4 Å². The topological polar surface area (TPSA) is 93.7 Å². The molecule has 0 atom stereocenters. The van der Waals surface area contributed by atoms with Crippen LogP contribution in [0.15, 0.2) is 77.3 Å². The summed E-state index contributed by atoms with van der Waals surface area (Å²) in [5, 5.41) is 5.39. The van der Waals surface area contributed by atoms with Gasteiger partial charge in [0, 0.05) is 22.3 Å². The number of esters is 1. The van der Waals surface area contributed by atoms with Gasteiger partial charge >= 0.3 is 5.97 Å². The van der Waals surface area contributed by atoms with Gasteiger partial charge in [-0.05, 0) is 67.1 Å². The van der Waals surface area contributed by atoms with Crippen LogP contribution in [-0.4, -0.2) is 24.4 Å². The van der Waals surface area contributed by atoms with Crippen LogP contribution in [0, 0.1) is 6.92 Å². The van der Waals surface area contributed by atoms with Crippen LogP contribution < -0.4 is 15.4 Å². The molecule has 0 saturated carbocycles. The van der Waals surface area contributed by atoms with E-state index in [1.165, 1.54) is 0 Å².